The molecule has 0 aliphatic carbocycles. The summed E-state index contributed by atoms with van der Waals surface area (Å²) in [5, 5.41) is 14.4. The monoisotopic (exact) mass is 411 g/mol. The number of anilines is 4. The van der Waals surface area contributed by atoms with E-state index in [9.17, 15) is 10.1 Å². The van der Waals surface area contributed by atoms with Gasteiger partial charge >= 0.3 is 5.69 Å². The van der Waals surface area contributed by atoms with E-state index in [-0.39, 0.29) is 10.6 Å². The first kappa shape index (κ1) is 19.0. The molecule has 0 fully saturated rings. The third-order valence-electron chi connectivity index (χ3n) is 5.74. The summed E-state index contributed by atoms with van der Waals surface area (Å²) in [6.07, 6.45) is 2.25. The lowest BCUT2D eigenvalue weighted by molar-refractivity contribution is -0.383. The van der Waals surface area contributed by atoms with Gasteiger partial charge in [-0.25, -0.2) is 9.97 Å². The fourth-order valence-corrected chi connectivity index (χ4v) is 4.36. The minimum atomic E-state index is -0.362. The molecule has 1 aliphatic rings. The summed E-state index contributed by atoms with van der Waals surface area (Å²) >= 11 is 0. The molecule has 154 valence electrons. The summed E-state index contributed by atoms with van der Waals surface area (Å²) in [6.45, 7) is 3.15. The lowest BCUT2D eigenvalue weighted by Crippen LogP contribution is -2.22. The zero-order chi connectivity index (χ0) is 21.4. The van der Waals surface area contributed by atoms with E-state index in [4.69, 9.17) is 0 Å². The van der Waals surface area contributed by atoms with Crippen LogP contribution in [0, 0.1) is 10.1 Å². The summed E-state index contributed by atoms with van der Waals surface area (Å²) in [5.41, 5.74) is 2.94. The number of benzene rings is 3. The van der Waals surface area contributed by atoms with Gasteiger partial charge in [0.2, 0.25) is 11.6 Å². The van der Waals surface area contributed by atoms with Crippen molar-refractivity contribution in [2.24, 2.45) is 0 Å². The van der Waals surface area contributed by atoms with Gasteiger partial charge in [0.1, 0.15) is 6.33 Å². The third kappa shape index (κ3) is 3.15. The van der Waals surface area contributed by atoms with E-state index in [1.807, 2.05) is 77.4 Å². The molecule has 1 aromatic heterocycles. The zero-order valence-electron chi connectivity index (χ0n) is 17.1. The second kappa shape index (κ2) is 7.68. The Balaban J connectivity index is 1.69. The predicted octanol–water partition coefficient (Wildman–Crippen LogP) is 5.39. The molecule has 7 nitrogen and oxygen atoms in total. The zero-order valence-corrected chi connectivity index (χ0v) is 17.1. The highest BCUT2D eigenvalue weighted by Crippen LogP contribution is 2.43. The second-order valence-electron chi connectivity index (χ2n) is 7.40. The number of para-hydroxylation sites is 1. The molecule has 0 saturated heterocycles. The van der Waals surface area contributed by atoms with Crippen molar-refractivity contribution >= 4 is 39.5 Å². The summed E-state index contributed by atoms with van der Waals surface area (Å²) < 4.78 is 0. The molecule has 4 aromatic rings. The highest BCUT2D eigenvalue weighted by atomic mass is 16.6. The number of rotatable bonds is 5. The average Bonchev–Trinajstić information content (AvgIpc) is 3.23. The van der Waals surface area contributed by atoms with Gasteiger partial charge in [0.15, 0.2) is 0 Å². The fourth-order valence-electron chi connectivity index (χ4n) is 4.36. The van der Waals surface area contributed by atoms with Crippen molar-refractivity contribution in [1.29, 1.82) is 0 Å². The smallest absolute Gasteiger partial charge is 0.320 e. The van der Waals surface area contributed by atoms with Gasteiger partial charge in [-0.05, 0) is 36.4 Å². The topological polar surface area (TPSA) is 75.4 Å². The van der Waals surface area contributed by atoms with Crippen LogP contribution in [0.1, 0.15) is 12.5 Å². The molecule has 3 aromatic carbocycles. The molecule has 0 spiro atoms. The first-order chi connectivity index (χ1) is 15.2. The molecule has 0 amide bonds. The molecule has 0 saturated carbocycles. The number of fused-ring (bicyclic) bond motifs is 2. The van der Waals surface area contributed by atoms with Crippen LogP contribution in [0.5, 0.6) is 0 Å². The minimum absolute atomic E-state index is 0.0750. The molecule has 0 unspecified atom stereocenters. The van der Waals surface area contributed by atoms with Crippen LogP contribution in [0.15, 0.2) is 73.1 Å². The molecular formula is C24H21N5O2. The summed E-state index contributed by atoms with van der Waals surface area (Å²) in [7, 11) is 0. The first-order valence-corrected chi connectivity index (χ1v) is 10.3. The Labute approximate surface area is 179 Å². The number of nitro groups is 1. The lowest BCUT2D eigenvalue weighted by atomic mass is 10.1. The van der Waals surface area contributed by atoms with Crippen molar-refractivity contribution in [3.05, 3.63) is 88.7 Å². The molecule has 0 radical (unpaired) electrons. The third-order valence-corrected chi connectivity index (χ3v) is 5.74. The highest BCUT2D eigenvalue weighted by molar-refractivity contribution is 5.97. The molecule has 0 bridgehead atoms. The van der Waals surface area contributed by atoms with Crippen LogP contribution in [-0.2, 0) is 6.42 Å². The molecular weight excluding hydrogens is 390 g/mol. The van der Waals surface area contributed by atoms with Gasteiger partial charge in [0.25, 0.3) is 0 Å². The molecule has 31 heavy (non-hydrogen) atoms. The predicted molar refractivity (Wildman–Crippen MR) is 122 cm³/mol. The van der Waals surface area contributed by atoms with E-state index in [1.54, 1.807) is 0 Å². The van der Waals surface area contributed by atoms with Gasteiger partial charge < -0.3 is 9.80 Å². The van der Waals surface area contributed by atoms with Crippen LogP contribution >= 0.6 is 0 Å². The van der Waals surface area contributed by atoms with E-state index < -0.39 is 0 Å². The van der Waals surface area contributed by atoms with Crippen molar-refractivity contribution in [2.75, 3.05) is 22.9 Å². The van der Waals surface area contributed by atoms with Crippen molar-refractivity contribution in [2.45, 2.75) is 13.3 Å². The van der Waals surface area contributed by atoms with E-state index in [2.05, 4.69) is 16.0 Å². The van der Waals surface area contributed by atoms with Crippen LogP contribution in [0.4, 0.5) is 28.7 Å². The normalized spacial score (nSPS) is 12.7. The molecule has 1 aliphatic heterocycles. The Morgan fingerprint density at radius 1 is 1.03 bits per heavy atom. The van der Waals surface area contributed by atoms with E-state index >= 15 is 0 Å². The maximum Gasteiger partial charge on any atom is 0.354 e. The number of hydrogen-bond acceptors (Lipinski definition) is 6. The second-order valence-corrected chi connectivity index (χ2v) is 7.40. The van der Waals surface area contributed by atoms with Gasteiger partial charge in [-0.3, -0.25) is 10.1 Å². The SMILES string of the molecule is CCN(c1ncnc(N2CCc3ccccc32)c1[N+](=O)[O-])c1cccc2ccccc12. The van der Waals surface area contributed by atoms with Crippen molar-refractivity contribution in [3.8, 4) is 0 Å². The van der Waals surface area contributed by atoms with Crippen LogP contribution in [0.2, 0.25) is 0 Å². The quantitative estimate of drug-likeness (QED) is 0.324. The number of aromatic nitrogens is 2. The Morgan fingerprint density at radius 3 is 2.65 bits per heavy atom. The van der Waals surface area contributed by atoms with Crippen molar-refractivity contribution in [1.82, 2.24) is 9.97 Å². The molecule has 2 heterocycles. The Bertz CT molecular complexity index is 1280. The van der Waals surface area contributed by atoms with Crippen LogP contribution in [0.25, 0.3) is 10.8 Å². The first-order valence-electron chi connectivity index (χ1n) is 10.3. The van der Waals surface area contributed by atoms with Crippen LogP contribution < -0.4 is 9.80 Å². The van der Waals surface area contributed by atoms with Crippen molar-refractivity contribution < 1.29 is 4.92 Å². The van der Waals surface area contributed by atoms with Gasteiger partial charge in [-0.2, -0.15) is 0 Å². The largest absolute Gasteiger partial charge is 0.354 e. The maximum absolute atomic E-state index is 12.3. The van der Waals surface area contributed by atoms with Gasteiger partial charge in [-0.15, -0.1) is 0 Å². The maximum atomic E-state index is 12.3. The number of nitrogens with zero attached hydrogens (tertiary/aromatic N) is 5. The Kier molecular flexibility index (Phi) is 4.71. The van der Waals surface area contributed by atoms with Crippen LogP contribution in [0.3, 0.4) is 0 Å². The molecule has 7 heteroatoms. The number of hydrogen-bond donors (Lipinski definition) is 0. The summed E-state index contributed by atoms with van der Waals surface area (Å²) in [5.74, 6) is 0.636. The average molecular weight is 411 g/mol. The van der Waals surface area contributed by atoms with Crippen LogP contribution in [-0.4, -0.2) is 28.0 Å². The van der Waals surface area contributed by atoms with E-state index in [0.29, 0.717) is 24.7 Å². The Hall–Kier alpha value is -4.00. The standard InChI is InChI=1S/C24H21N5O2/c1-2-27(21-13-7-10-17-8-3-5-11-19(17)21)23-22(29(30)31)24(26-16-25-23)28-15-14-18-9-4-6-12-20(18)28/h3-13,16H,2,14-15H2,1H3. The fraction of sp³-hybridized carbons (Fsp3) is 0.167. The van der Waals surface area contributed by atoms with E-state index in [1.165, 1.54) is 11.9 Å². The Morgan fingerprint density at radius 2 is 1.81 bits per heavy atom. The van der Waals surface area contributed by atoms with E-state index in [0.717, 1.165) is 28.6 Å². The molecule has 0 N–H and O–H groups in total. The molecule has 0 atom stereocenters. The molecule has 5 rings (SSSR count). The summed E-state index contributed by atoms with van der Waals surface area (Å²) in [6, 6.07) is 22.0. The minimum Gasteiger partial charge on any atom is -0.320 e. The highest BCUT2D eigenvalue weighted by Gasteiger charge is 2.33. The van der Waals surface area contributed by atoms with Gasteiger partial charge in [0.05, 0.1) is 10.6 Å². The van der Waals surface area contributed by atoms with Gasteiger partial charge in [0, 0.05) is 24.2 Å². The van der Waals surface area contributed by atoms with Gasteiger partial charge in [-0.1, -0.05) is 54.6 Å². The summed E-state index contributed by atoms with van der Waals surface area (Å²) in [4.78, 5) is 24.5. The van der Waals surface area contributed by atoms with Crippen molar-refractivity contribution in [3.63, 3.8) is 0 Å². The lowest BCUT2D eigenvalue weighted by Gasteiger charge is -2.25.